The molecule has 12 heteroatoms. The predicted octanol–water partition coefficient (Wildman–Crippen LogP) is 4.17. The van der Waals surface area contributed by atoms with E-state index < -0.39 is 23.4 Å². The van der Waals surface area contributed by atoms with Gasteiger partial charge in [0, 0.05) is 13.1 Å². The molecule has 2 aliphatic rings. The number of benzene rings is 2. The molecule has 0 aromatic heterocycles. The highest BCUT2D eigenvalue weighted by atomic mass is 32.2. The fourth-order valence-corrected chi connectivity index (χ4v) is 4.42. The van der Waals surface area contributed by atoms with Crippen molar-refractivity contribution in [1.82, 2.24) is 10.2 Å². The van der Waals surface area contributed by atoms with Gasteiger partial charge in [0.1, 0.15) is 5.75 Å². The van der Waals surface area contributed by atoms with E-state index in [1.54, 1.807) is 36.1 Å². The standard InChI is InChI=1S/C24H19F3N4O4S/c1-2-34-19-10-14(11-20-22(33)30-23(36-20)31-8-7-29-21(32)13-31)3-6-18(19)35-17-5-4-15(12-28)9-16(17)24(25,26)27/h3-6,9-11H,2,7-8,13H2,1H3,(H,29,32)/b20-11-. The molecule has 1 fully saturated rings. The Hall–Kier alpha value is -3.98. The Labute approximate surface area is 208 Å². The maximum absolute atomic E-state index is 13.5. The van der Waals surface area contributed by atoms with Gasteiger partial charge in [-0.05, 0) is 60.7 Å². The van der Waals surface area contributed by atoms with Crippen LogP contribution in [-0.2, 0) is 15.8 Å². The fraction of sp³-hybridized carbons (Fsp3) is 0.250. The molecule has 0 atom stereocenters. The highest BCUT2D eigenvalue weighted by Crippen LogP contribution is 2.41. The number of aliphatic imine (C=N–C) groups is 1. The minimum atomic E-state index is -4.73. The van der Waals surface area contributed by atoms with Gasteiger partial charge < -0.3 is 19.7 Å². The molecular weight excluding hydrogens is 497 g/mol. The number of halogens is 3. The van der Waals surface area contributed by atoms with Crippen LogP contribution in [0.3, 0.4) is 0 Å². The molecule has 0 saturated carbocycles. The van der Waals surface area contributed by atoms with Gasteiger partial charge >= 0.3 is 6.18 Å². The van der Waals surface area contributed by atoms with Crippen LogP contribution < -0.4 is 14.8 Å². The summed E-state index contributed by atoms with van der Waals surface area (Å²) in [5.74, 6) is -0.864. The summed E-state index contributed by atoms with van der Waals surface area (Å²) in [4.78, 5) is 30.2. The molecule has 4 rings (SSSR count). The monoisotopic (exact) mass is 516 g/mol. The van der Waals surface area contributed by atoms with E-state index in [1.165, 1.54) is 12.1 Å². The van der Waals surface area contributed by atoms with Gasteiger partial charge in [-0.25, -0.2) is 0 Å². The van der Waals surface area contributed by atoms with Crippen molar-refractivity contribution in [2.75, 3.05) is 26.2 Å². The third kappa shape index (κ3) is 5.63. The molecule has 0 aliphatic carbocycles. The number of amidine groups is 1. The second-order valence-corrected chi connectivity index (χ2v) is 8.65. The van der Waals surface area contributed by atoms with Crippen molar-refractivity contribution < 1.29 is 32.2 Å². The zero-order valence-corrected chi connectivity index (χ0v) is 19.7. The van der Waals surface area contributed by atoms with E-state index in [-0.39, 0.29) is 36.1 Å². The number of rotatable bonds is 5. The Balaban J connectivity index is 1.59. The summed E-state index contributed by atoms with van der Waals surface area (Å²) < 4.78 is 51.7. The second kappa shape index (κ2) is 10.3. The topological polar surface area (TPSA) is 104 Å². The lowest BCUT2D eigenvalue weighted by Crippen LogP contribution is -2.49. The quantitative estimate of drug-likeness (QED) is 0.595. The average molecular weight is 517 g/mol. The van der Waals surface area contributed by atoms with E-state index in [2.05, 4.69) is 10.3 Å². The number of carbonyl (C=O) groups excluding carboxylic acids is 2. The lowest BCUT2D eigenvalue weighted by atomic mass is 10.1. The number of hydrogen-bond donors (Lipinski definition) is 1. The van der Waals surface area contributed by atoms with E-state index in [1.807, 2.05) is 0 Å². The predicted molar refractivity (Wildman–Crippen MR) is 126 cm³/mol. The Kier molecular flexibility index (Phi) is 7.21. The first kappa shape index (κ1) is 25.1. The molecule has 2 heterocycles. The van der Waals surface area contributed by atoms with E-state index >= 15 is 0 Å². The third-order valence-electron chi connectivity index (χ3n) is 5.12. The summed E-state index contributed by atoms with van der Waals surface area (Å²) >= 11 is 1.14. The Bertz CT molecular complexity index is 1320. The van der Waals surface area contributed by atoms with Crippen LogP contribution in [0.2, 0.25) is 0 Å². The fourth-order valence-electron chi connectivity index (χ4n) is 3.48. The molecule has 0 unspecified atom stereocenters. The zero-order valence-electron chi connectivity index (χ0n) is 18.9. The Morgan fingerprint density at radius 3 is 2.67 bits per heavy atom. The van der Waals surface area contributed by atoms with Crippen LogP contribution in [0.15, 0.2) is 46.3 Å². The molecule has 186 valence electrons. The van der Waals surface area contributed by atoms with E-state index in [0.717, 1.165) is 23.9 Å². The summed E-state index contributed by atoms with van der Waals surface area (Å²) in [5, 5.41) is 12.1. The zero-order chi connectivity index (χ0) is 25.9. The molecule has 0 radical (unpaired) electrons. The number of ether oxygens (including phenoxy) is 2. The molecule has 2 aliphatic heterocycles. The Morgan fingerprint density at radius 1 is 1.19 bits per heavy atom. The Morgan fingerprint density at radius 2 is 1.97 bits per heavy atom. The summed E-state index contributed by atoms with van der Waals surface area (Å²) in [6.07, 6.45) is -3.15. The third-order valence-corrected chi connectivity index (χ3v) is 6.16. The summed E-state index contributed by atoms with van der Waals surface area (Å²) in [7, 11) is 0. The molecule has 1 N–H and O–H groups in total. The second-order valence-electron chi connectivity index (χ2n) is 7.64. The van der Waals surface area contributed by atoms with Crippen LogP contribution in [0, 0.1) is 11.3 Å². The van der Waals surface area contributed by atoms with Gasteiger partial charge in [-0.15, -0.1) is 0 Å². The number of thioether (sulfide) groups is 1. The molecule has 36 heavy (non-hydrogen) atoms. The lowest BCUT2D eigenvalue weighted by Gasteiger charge is -2.27. The number of nitriles is 1. The normalized spacial score (nSPS) is 17.0. The molecule has 2 amide bonds. The van der Waals surface area contributed by atoms with Gasteiger partial charge in [0.2, 0.25) is 5.91 Å². The summed E-state index contributed by atoms with van der Waals surface area (Å²) in [6.45, 7) is 3.03. The number of nitrogens with zero attached hydrogens (tertiary/aromatic N) is 3. The van der Waals surface area contributed by atoms with Gasteiger partial charge in [0.05, 0.1) is 35.3 Å². The maximum atomic E-state index is 13.5. The number of hydrogen-bond acceptors (Lipinski definition) is 7. The first-order valence-corrected chi connectivity index (χ1v) is 11.6. The van der Waals surface area contributed by atoms with Crippen LogP contribution >= 0.6 is 11.8 Å². The maximum Gasteiger partial charge on any atom is 0.420 e. The van der Waals surface area contributed by atoms with Crippen molar-refractivity contribution in [2.24, 2.45) is 4.99 Å². The van der Waals surface area contributed by atoms with Crippen molar-refractivity contribution >= 4 is 34.8 Å². The highest BCUT2D eigenvalue weighted by molar-refractivity contribution is 8.18. The van der Waals surface area contributed by atoms with Gasteiger partial charge in [-0.3, -0.25) is 9.59 Å². The average Bonchev–Trinajstić information content (AvgIpc) is 3.20. The first-order chi connectivity index (χ1) is 17.2. The largest absolute Gasteiger partial charge is 0.490 e. The first-order valence-electron chi connectivity index (χ1n) is 10.8. The SMILES string of the molecule is CCOc1cc(/C=C2\SC(N3CCNC(=O)C3)=NC2=O)ccc1Oc1ccc(C#N)cc1C(F)(F)F. The number of amides is 2. The van der Waals surface area contributed by atoms with Gasteiger partial charge in [-0.1, -0.05) is 6.07 Å². The summed E-state index contributed by atoms with van der Waals surface area (Å²) in [6, 6.07) is 9.28. The van der Waals surface area contributed by atoms with Crippen LogP contribution in [0.25, 0.3) is 6.08 Å². The van der Waals surface area contributed by atoms with Crippen molar-refractivity contribution in [3.8, 4) is 23.3 Å². The number of nitrogens with one attached hydrogen (secondary N) is 1. The minimum absolute atomic E-state index is 0.0378. The van der Waals surface area contributed by atoms with E-state index in [9.17, 15) is 22.8 Å². The molecule has 1 saturated heterocycles. The van der Waals surface area contributed by atoms with Crippen LogP contribution in [0.5, 0.6) is 17.2 Å². The van der Waals surface area contributed by atoms with E-state index in [0.29, 0.717) is 28.7 Å². The molecule has 0 spiro atoms. The van der Waals surface area contributed by atoms with Crippen molar-refractivity contribution in [3.63, 3.8) is 0 Å². The van der Waals surface area contributed by atoms with E-state index in [4.69, 9.17) is 14.7 Å². The summed E-state index contributed by atoms with van der Waals surface area (Å²) in [5.41, 5.74) is -0.684. The molecule has 2 aromatic carbocycles. The molecule has 0 bridgehead atoms. The number of piperazine rings is 1. The molecule has 2 aromatic rings. The van der Waals surface area contributed by atoms with Crippen molar-refractivity contribution in [2.45, 2.75) is 13.1 Å². The van der Waals surface area contributed by atoms with Gasteiger partial charge in [0.15, 0.2) is 16.7 Å². The molecular formula is C24H19F3N4O4S. The minimum Gasteiger partial charge on any atom is -0.490 e. The van der Waals surface area contributed by atoms with Crippen LogP contribution in [0.4, 0.5) is 13.2 Å². The number of alkyl halides is 3. The smallest absolute Gasteiger partial charge is 0.420 e. The van der Waals surface area contributed by atoms with Crippen LogP contribution in [-0.4, -0.2) is 48.1 Å². The number of carbonyl (C=O) groups is 2. The highest BCUT2D eigenvalue weighted by Gasteiger charge is 2.35. The van der Waals surface area contributed by atoms with Crippen molar-refractivity contribution in [3.05, 3.63) is 58.0 Å². The lowest BCUT2D eigenvalue weighted by molar-refractivity contribution is -0.138. The van der Waals surface area contributed by atoms with Crippen molar-refractivity contribution in [1.29, 1.82) is 5.26 Å². The van der Waals surface area contributed by atoms with Gasteiger partial charge in [-0.2, -0.15) is 23.4 Å². The van der Waals surface area contributed by atoms with Crippen LogP contribution in [0.1, 0.15) is 23.6 Å². The molecule has 8 nitrogen and oxygen atoms in total. The van der Waals surface area contributed by atoms with Gasteiger partial charge in [0.25, 0.3) is 5.91 Å².